The molecule has 0 aliphatic heterocycles. The van der Waals surface area contributed by atoms with E-state index in [9.17, 15) is 4.79 Å². The summed E-state index contributed by atoms with van der Waals surface area (Å²) in [4.78, 5) is 15.0. The largest absolute Gasteiger partial charge is 0.478 e. The minimum atomic E-state index is -1.02. The van der Waals surface area contributed by atoms with E-state index in [-0.39, 0.29) is 11.3 Å². The zero-order valence-corrected chi connectivity index (χ0v) is 10.3. The van der Waals surface area contributed by atoms with E-state index in [2.05, 4.69) is 10.3 Å². The van der Waals surface area contributed by atoms with Crippen molar-refractivity contribution >= 4 is 17.3 Å². The molecule has 0 aliphatic rings. The van der Waals surface area contributed by atoms with Gasteiger partial charge in [0.1, 0.15) is 0 Å². The Bertz CT molecular complexity index is 570. The summed E-state index contributed by atoms with van der Waals surface area (Å²) in [5, 5.41) is 12.1. The van der Waals surface area contributed by atoms with Gasteiger partial charge in [-0.05, 0) is 30.3 Å². The van der Waals surface area contributed by atoms with Gasteiger partial charge in [-0.2, -0.15) is 0 Å². The highest BCUT2D eigenvalue weighted by atomic mass is 16.4. The molecular weight excluding hydrogens is 242 g/mol. The van der Waals surface area contributed by atoms with Crippen molar-refractivity contribution in [2.24, 2.45) is 0 Å². The number of nitrogens with one attached hydrogen (secondary N) is 1. The second-order valence-electron chi connectivity index (χ2n) is 4.11. The maximum absolute atomic E-state index is 10.8. The van der Waals surface area contributed by atoms with Crippen LogP contribution in [0.4, 0.5) is 11.4 Å². The lowest BCUT2D eigenvalue weighted by Gasteiger charge is -2.08. The Morgan fingerprint density at radius 2 is 2.16 bits per heavy atom. The molecule has 0 saturated heterocycles. The highest BCUT2D eigenvalue weighted by Crippen LogP contribution is 2.17. The van der Waals surface area contributed by atoms with Crippen LogP contribution in [0.25, 0.3) is 0 Å². The van der Waals surface area contributed by atoms with Gasteiger partial charge in [0.2, 0.25) is 0 Å². The molecule has 0 spiro atoms. The highest BCUT2D eigenvalue weighted by Gasteiger charge is 2.07. The Balaban J connectivity index is 1.93. The van der Waals surface area contributed by atoms with Crippen LogP contribution in [0.15, 0.2) is 42.6 Å². The molecule has 1 aromatic heterocycles. The number of hydrogen-bond acceptors (Lipinski definition) is 4. The van der Waals surface area contributed by atoms with Gasteiger partial charge in [-0.3, -0.25) is 4.98 Å². The number of anilines is 2. The van der Waals surface area contributed by atoms with Gasteiger partial charge in [0.25, 0.3) is 0 Å². The summed E-state index contributed by atoms with van der Waals surface area (Å²) in [5.74, 6) is -1.02. The Hall–Kier alpha value is -2.56. The molecule has 0 fully saturated rings. The minimum absolute atomic E-state index is 0.121. The average molecular weight is 257 g/mol. The van der Waals surface area contributed by atoms with Gasteiger partial charge in [0.15, 0.2) is 0 Å². The molecule has 0 amide bonds. The normalized spacial score (nSPS) is 10.1. The summed E-state index contributed by atoms with van der Waals surface area (Å²) >= 11 is 0. The first-order valence-corrected chi connectivity index (χ1v) is 5.93. The van der Waals surface area contributed by atoms with Crippen molar-refractivity contribution in [3.8, 4) is 0 Å². The highest BCUT2D eigenvalue weighted by molar-refractivity contribution is 5.94. The van der Waals surface area contributed by atoms with Gasteiger partial charge in [0.05, 0.1) is 5.56 Å². The molecule has 2 aromatic rings. The van der Waals surface area contributed by atoms with Gasteiger partial charge in [0, 0.05) is 36.2 Å². The zero-order chi connectivity index (χ0) is 13.7. The number of hydrogen-bond donors (Lipinski definition) is 3. The number of nitrogens with two attached hydrogens (primary N) is 1. The van der Waals surface area contributed by atoms with Crippen LogP contribution < -0.4 is 11.1 Å². The van der Waals surface area contributed by atoms with Crippen LogP contribution in [0.3, 0.4) is 0 Å². The van der Waals surface area contributed by atoms with Gasteiger partial charge in [-0.25, -0.2) is 4.79 Å². The minimum Gasteiger partial charge on any atom is -0.478 e. The molecule has 19 heavy (non-hydrogen) atoms. The summed E-state index contributed by atoms with van der Waals surface area (Å²) in [5.41, 5.74) is 7.86. The van der Waals surface area contributed by atoms with Crippen LogP contribution in [0, 0.1) is 0 Å². The Morgan fingerprint density at radius 1 is 1.32 bits per heavy atom. The fourth-order valence-corrected chi connectivity index (χ4v) is 1.75. The first-order chi connectivity index (χ1) is 9.16. The monoisotopic (exact) mass is 257 g/mol. The summed E-state index contributed by atoms with van der Waals surface area (Å²) in [6.45, 7) is 0.711. The number of benzene rings is 1. The summed E-state index contributed by atoms with van der Waals surface area (Å²) < 4.78 is 0. The van der Waals surface area contributed by atoms with E-state index in [1.54, 1.807) is 18.3 Å². The van der Waals surface area contributed by atoms with E-state index in [1.807, 2.05) is 18.2 Å². The van der Waals surface area contributed by atoms with Crippen LogP contribution in [-0.4, -0.2) is 22.6 Å². The van der Waals surface area contributed by atoms with Gasteiger partial charge >= 0.3 is 5.97 Å². The van der Waals surface area contributed by atoms with E-state index >= 15 is 0 Å². The third-order valence-electron chi connectivity index (χ3n) is 2.72. The predicted molar refractivity (Wildman–Crippen MR) is 74.2 cm³/mol. The van der Waals surface area contributed by atoms with Crippen molar-refractivity contribution in [2.75, 3.05) is 17.6 Å². The van der Waals surface area contributed by atoms with Gasteiger partial charge < -0.3 is 16.2 Å². The molecule has 0 atom stereocenters. The topological polar surface area (TPSA) is 88.2 Å². The summed E-state index contributed by atoms with van der Waals surface area (Å²) in [6.07, 6.45) is 2.55. The second kappa shape index (κ2) is 5.86. The van der Waals surface area contributed by atoms with Crippen molar-refractivity contribution in [1.82, 2.24) is 4.98 Å². The summed E-state index contributed by atoms with van der Waals surface area (Å²) in [7, 11) is 0. The summed E-state index contributed by atoms with van der Waals surface area (Å²) in [6, 6.07) is 10.6. The van der Waals surface area contributed by atoms with Crippen LogP contribution in [-0.2, 0) is 6.42 Å². The number of carboxylic acid groups (broad SMARTS) is 1. The lowest BCUT2D eigenvalue weighted by Crippen LogP contribution is -2.08. The number of pyridine rings is 1. The number of aromatic nitrogens is 1. The molecule has 1 heterocycles. The second-order valence-corrected chi connectivity index (χ2v) is 4.11. The molecule has 0 unspecified atom stereocenters. The van der Waals surface area contributed by atoms with Crippen LogP contribution >= 0.6 is 0 Å². The zero-order valence-electron chi connectivity index (χ0n) is 10.3. The maximum atomic E-state index is 10.8. The molecule has 0 saturated carbocycles. The molecule has 0 bridgehead atoms. The molecule has 98 valence electrons. The van der Waals surface area contributed by atoms with Gasteiger partial charge in [-0.1, -0.05) is 6.07 Å². The van der Waals surface area contributed by atoms with Crippen LogP contribution in [0.1, 0.15) is 16.1 Å². The lowest BCUT2D eigenvalue weighted by molar-refractivity contribution is 0.0698. The van der Waals surface area contributed by atoms with E-state index in [1.165, 1.54) is 6.07 Å². The first kappa shape index (κ1) is 12.9. The van der Waals surface area contributed by atoms with Gasteiger partial charge in [-0.15, -0.1) is 0 Å². The van der Waals surface area contributed by atoms with E-state index in [0.29, 0.717) is 6.54 Å². The number of rotatable bonds is 5. The molecule has 5 nitrogen and oxygen atoms in total. The van der Waals surface area contributed by atoms with Crippen LogP contribution in [0.2, 0.25) is 0 Å². The first-order valence-electron chi connectivity index (χ1n) is 5.93. The van der Waals surface area contributed by atoms with E-state index < -0.39 is 5.97 Å². The predicted octanol–water partition coefficient (Wildman–Crippen LogP) is 2.02. The third kappa shape index (κ3) is 3.45. The number of aromatic carboxylic acids is 1. The molecule has 2 rings (SSSR count). The van der Waals surface area contributed by atoms with Crippen molar-refractivity contribution in [3.05, 3.63) is 53.9 Å². The number of nitrogen functional groups attached to an aromatic ring is 1. The van der Waals surface area contributed by atoms with Crippen molar-refractivity contribution < 1.29 is 9.90 Å². The Kier molecular flexibility index (Phi) is 3.97. The number of carboxylic acids is 1. The molecular formula is C14H15N3O2. The van der Waals surface area contributed by atoms with Crippen LogP contribution in [0.5, 0.6) is 0 Å². The van der Waals surface area contributed by atoms with E-state index in [0.717, 1.165) is 17.8 Å². The smallest absolute Gasteiger partial charge is 0.337 e. The standard InChI is InChI=1S/C14H15N3O2/c15-13-9-11(4-5-12(13)14(18)19)17-8-6-10-3-1-2-7-16-10/h1-5,7,9,17H,6,8,15H2,(H,18,19). The number of nitrogens with zero attached hydrogens (tertiary/aromatic N) is 1. The Morgan fingerprint density at radius 3 is 2.79 bits per heavy atom. The lowest BCUT2D eigenvalue weighted by atomic mass is 10.1. The molecule has 4 N–H and O–H groups in total. The number of carbonyl (C=O) groups is 1. The maximum Gasteiger partial charge on any atom is 0.337 e. The molecule has 0 aliphatic carbocycles. The van der Waals surface area contributed by atoms with Crippen molar-refractivity contribution in [1.29, 1.82) is 0 Å². The molecule has 5 heteroatoms. The van der Waals surface area contributed by atoms with Crippen molar-refractivity contribution in [3.63, 3.8) is 0 Å². The average Bonchev–Trinajstić information content (AvgIpc) is 2.39. The Labute approximate surface area is 111 Å². The third-order valence-corrected chi connectivity index (χ3v) is 2.72. The van der Waals surface area contributed by atoms with E-state index in [4.69, 9.17) is 10.8 Å². The van der Waals surface area contributed by atoms with Crippen molar-refractivity contribution in [2.45, 2.75) is 6.42 Å². The molecule has 1 aromatic carbocycles. The fourth-order valence-electron chi connectivity index (χ4n) is 1.75. The molecule has 0 radical (unpaired) electrons. The SMILES string of the molecule is Nc1cc(NCCc2ccccn2)ccc1C(=O)O. The quantitative estimate of drug-likeness (QED) is 0.713. The fraction of sp³-hybridized carbons (Fsp3) is 0.143.